The fourth-order valence-corrected chi connectivity index (χ4v) is 5.69. The number of esters is 1. The molecule has 0 unspecified atom stereocenters. The topological polar surface area (TPSA) is 250 Å². The van der Waals surface area contributed by atoms with E-state index in [1.807, 2.05) is 36.4 Å². The predicted octanol–water partition coefficient (Wildman–Crippen LogP) is 0.208. The Balaban J connectivity index is 1.43. The molecule has 4 amide bonds. The number of aliphatic carboxylic acids is 1. The van der Waals surface area contributed by atoms with Gasteiger partial charge >= 0.3 is 18.0 Å². The number of rotatable bonds is 17. The summed E-state index contributed by atoms with van der Waals surface area (Å²) >= 11 is 0. The molecule has 0 spiro atoms. The lowest BCUT2D eigenvalue weighted by Gasteiger charge is -2.28. The molecule has 1 saturated heterocycles. The van der Waals surface area contributed by atoms with Crippen molar-refractivity contribution in [1.29, 1.82) is 0 Å². The number of hydrogen-bond donors (Lipinski definition) is 6. The van der Waals surface area contributed by atoms with Crippen molar-refractivity contribution in [2.45, 2.75) is 63.0 Å². The van der Waals surface area contributed by atoms with Gasteiger partial charge in [0, 0.05) is 24.8 Å². The Morgan fingerprint density at radius 3 is 2.41 bits per heavy atom. The van der Waals surface area contributed by atoms with Crippen molar-refractivity contribution in [3.63, 3.8) is 0 Å². The highest BCUT2D eigenvalue weighted by molar-refractivity contribution is 5.97. The van der Waals surface area contributed by atoms with Crippen molar-refractivity contribution in [3.05, 3.63) is 72.4 Å². The highest BCUT2D eigenvalue weighted by atomic mass is 16.5. The summed E-state index contributed by atoms with van der Waals surface area (Å²) in [7, 11) is 1.16. The van der Waals surface area contributed by atoms with Crippen molar-refractivity contribution < 1.29 is 43.3 Å². The number of carbonyl (C=O) groups is 6. The Morgan fingerprint density at radius 2 is 1.71 bits per heavy atom. The molecule has 17 heteroatoms. The number of carboxylic acid groups (broad SMARTS) is 1. The lowest BCUT2D eigenvalue weighted by atomic mass is 10.1. The number of carboxylic acids is 1. The monoisotopic (exact) mass is 706 g/mol. The van der Waals surface area contributed by atoms with Gasteiger partial charge in [-0.1, -0.05) is 48.5 Å². The van der Waals surface area contributed by atoms with Crippen LogP contribution >= 0.6 is 0 Å². The summed E-state index contributed by atoms with van der Waals surface area (Å²) < 4.78 is 11.9. The first-order valence-corrected chi connectivity index (χ1v) is 16.2. The average molecular weight is 707 g/mol. The smallest absolute Gasteiger partial charge is 0.408 e. The number of guanidine groups is 1. The van der Waals surface area contributed by atoms with Crippen molar-refractivity contribution in [2.24, 2.45) is 16.5 Å². The Morgan fingerprint density at radius 1 is 0.980 bits per heavy atom. The molecular formula is C34H42N8O9. The third-order valence-electron chi connectivity index (χ3n) is 8.23. The number of benzene rings is 2. The maximum absolute atomic E-state index is 13.6. The van der Waals surface area contributed by atoms with E-state index in [1.54, 1.807) is 35.0 Å². The van der Waals surface area contributed by atoms with Crippen molar-refractivity contribution >= 4 is 52.6 Å². The highest BCUT2D eigenvalue weighted by Crippen LogP contribution is 2.20. The molecule has 0 saturated carbocycles. The van der Waals surface area contributed by atoms with Gasteiger partial charge in [0.05, 0.1) is 20.1 Å². The zero-order valence-corrected chi connectivity index (χ0v) is 28.0. The van der Waals surface area contributed by atoms with Crippen molar-refractivity contribution in [1.82, 2.24) is 25.4 Å². The van der Waals surface area contributed by atoms with E-state index >= 15 is 0 Å². The summed E-state index contributed by atoms with van der Waals surface area (Å²) in [6.45, 7) is 0.0325. The van der Waals surface area contributed by atoms with E-state index in [1.165, 1.54) is 0 Å². The molecule has 1 aliphatic heterocycles. The third-order valence-corrected chi connectivity index (χ3v) is 8.23. The normalized spacial score (nSPS) is 15.7. The summed E-state index contributed by atoms with van der Waals surface area (Å²) in [6.07, 6.45) is 0.532. The number of hydrogen-bond acceptors (Lipinski definition) is 9. The largest absolute Gasteiger partial charge is 0.481 e. The highest BCUT2D eigenvalue weighted by Gasteiger charge is 2.42. The molecule has 0 radical (unpaired) electrons. The van der Waals surface area contributed by atoms with Crippen LogP contribution in [0.2, 0.25) is 0 Å². The molecule has 2 heterocycles. The van der Waals surface area contributed by atoms with Crippen LogP contribution in [0, 0.1) is 0 Å². The van der Waals surface area contributed by atoms with Gasteiger partial charge < -0.3 is 51.5 Å². The third kappa shape index (κ3) is 10.7. The van der Waals surface area contributed by atoms with E-state index in [-0.39, 0.29) is 45.0 Å². The molecule has 1 fully saturated rings. The maximum atomic E-state index is 13.6. The molecule has 8 N–H and O–H groups in total. The second-order valence-electron chi connectivity index (χ2n) is 11.8. The number of amides is 4. The zero-order chi connectivity index (χ0) is 36.9. The number of methoxy groups -OCH3 is 1. The number of carbonyl (C=O) groups excluding carboxylic acids is 5. The first kappa shape index (κ1) is 37.7. The molecule has 51 heavy (non-hydrogen) atoms. The molecular weight excluding hydrogens is 664 g/mol. The van der Waals surface area contributed by atoms with Gasteiger partial charge in [0.2, 0.25) is 17.7 Å². The van der Waals surface area contributed by atoms with Gasteiger partial charge in [0.15, 0.2) is 5.96 Å². The molecule has 4 atom stereocenters. The van der Waals surface area contributed by atoms with E-state index in [0.29, 0.717) is 6.42 Å². The average Bonchev–Trinajstić information content (AvgIpc) is 3.69. The number of ether oxygens (including phenoxy) is 2. The van der Waals surface area contributed by atoms with Gasteiger partial charge in [-0.3, -0.25) is 24.2 Å². The van der Waals surface area contributed by atoms with E-state index in [9.17, 15) is 33.9 Å². The van der Waals surface area contributed by atoms with Crippen LogP contribution in [0.1, 0.15) is 31.2 Å². The van der Waals surface area contributed by atoms with Gasteiger partial charge in [-0.2, -0.15) is 0 Å². The fourth-order valence-electron chi connectivity index (χ4n) is 5.69. The Bertz CT molecular complexity index is 1740. The zero-order valence-electron chi connectivity index (χ0n) is 28.0. The number of fused-ring (bicyclic) bond motifs is 1. The first-order valence-electron chi connectivity index (χ1n) is 16.2. The van der Waals surface area contributed by atoms with Gasteiger partial charge in [-0.15, -0.1) is 0 Å². The van der Waals surface area contributed by atoms with E-state index in [0.717, 1.165) is 28.5 Å². The van der Waals surface area contributed by atoms with Crippen LogP contribution in [0.4, 0.5) is 4.79 Å². The van der Waals surface area contributed by atoms with E-state index in [4.69, 9.17) is 20.9 Å². The molecule has 1 aliphatic rings. The minimum Gasteiger partial charge on any atom is -0.481 e. The Hall–Kier alpha value is -6.13. The summed E-state index contributed by atoms with van der Waals surface area (Å²) in [5, 5.41) is 18.2. The molecule has 272 valence electrons. The van der Waals surface area contributed by atoms with Gasteiger partial charge in [0.25, 0.3) is 0 Å². The lowest BCUT2D eigenvalue weighted by molar-refractivity contribution is -0.148. The quantitative estimate of drug-likeness (QED) is 0.0479. The number of para-hydroxylation sites is 1. The number of nitrogens with zero attached hydrogens (tertiary/aromatic N) is 3. The second-order valence-corrected chi connectivity index (χ2v) is 11.8. The number of aliphatic imine (C=N–C) groups is 1. The van der Waals surface area contributed by atoms with Crippen LogP contribution in [-0.2, 0) is 46.6 Å². The molecule has 17 nitrogen and oxygen atoms in total. The summed E-state index contributed by atoms with van der Waals surface area (Å²) in [5.74, 6) is -4.57. The molecule has 4 rings (SSSR count). The standard InChI is InChI=1S/C34H42N8O9/c1-50-32(48)25(19-41-16-13-22-10-5-6-12-26(22)41)39-30(46)27(18-28(43)44)42-17-14-24(31(42)47)38-29(45)23(11-7-15-37-33(35)36)40-34(49)51-20-21-8-3-2-4-9-21/h2-6,8-10,12-13,16,23-25,27H,7,11,14-15,17-20H2,1H3,(H,38,45)(H,39,46)(H,40,49)(H,43,44)(H4,35,36,37)/t23-,24-,25-,27-/m0/s1. The van der Waals surface area contributed by atoms with Crippen LogP contribution in [0.3, 0.4) is 0 Å². The molecule has 3 aromatic rings. The first-order chi connectivity index (χ1) is 24.5. The van der Waals surface area contributed by atoms with E-state index < -0.39 is 66.3 Å². The van der Waals surface area contributed by atoms with Crippen molar-refractivity contribution in [3.8, 4) is 0 Å². The van der Waals surface area contributed by atoms with Gasteiger partial charge in [-0.05, 0) is 42.3 Å². The van der Waals surface area contributed by atoms with Crippen LogP contribution in [-0.4, -0.2) is 101 Å². The van der Waals surface area contributed by atoms with Gasteiger partial charge in [0.1, 0.15) is 30.8 Å². The fraction of sp³-hybridized carbons (Fsp3) is 0.382. The van der Waals surface area contributed by atoms with Crippen LogP contribution < -0.4 is 27.4 Å². The number of likely N-dealkylation sites (tertiary alicyclic amines) is 1. The van der Waals surface area contributed by atoms with Gasteiger partial charge in [-0.25, -0.2) is 9.59 Å². The minimum atomic E-state index is -1.51. The number of nitrogens with two attached hydrogens (primary N) is 2. The van der Waals surface area contributed by atoms with Crippen LogP contribution in [0.15, 0.2) is 71.9 Å². The Labute approximate surface area is 293 Å². The molecule has 1 aromatic heterocycles. The molecule has 0 bridgehead atoms. The predicted molar refractivity (Wildman–Crippen MR) is 184 cm³/mol. The minimum absolute atomic E-state index is 0.0241. The Kier molecular flexibility index (Phi) is 13.3. The van der Waals surface area contributed by atoms with E-state index in [2.05, 4.69) is 20.9 Å². The summed E-state index contributed by atoms with van der Waals surface area (Å²) in [5.41, 5.74) is 12.3. The molecule has 2 aromatic carbocycles. The summed E-state index contributed by atoms with van der Waals surface area (Å²) in [4.78, 5) is 82.7. The molecule has 0 aliphatic carbocycles. The summed E-state index contributed by atoms with van der Waals surface area (Å²) in [6, 6.07) is 13.2. The number of nitrogens with one attached hydrogen (secondary N) is 3. The van der Waals surface area contributed by atoms with Crippen LogP contribution in [0.25, 0.3) is 10.9 Å². The van der Waals surface area contributed by atoms with Crippen LogP contribution in [0.5, 0.6) is 0 Å². The van der Waals surface area contributed by atoms with Crippen molar-refractivity contribution in [2.75, 3.05) is 20.2 Å². The second kappa shape index (κ2) is 18.0. The number of aromatic nitrogens is 1. The maximum Gasteiger partial charge on any atom is 0.408 e. The number of alkyl carbamates (subject to hydrolysis) is 1. The SMILES string of the molecule is COC(=O)[C@H](Cn1ccc2ccccc21)NC(=O)[C@H](CC(=O)O)N1CC[C@H](NC(=O)[C@H](CCCN=C(N)N)NC(=O)OCc2ccccc2)C1=O. The lowest BCUT2D eigenvalue weighted by Crippen LogP contribution is -2.56.